The lowest BCUT2D eigenvalue weighted by molar-refractivity contribution is 0.461. The number of rotatable bonds is 4. The summed E-state index contributed by atoms with van der Waals surface area (Å²) < 4.78 is 2.12. The van der Waals surface area contributed by atoms with E-state index in [1.54, 1.807) is 0 Å². The summed E-state index contributed by atoms with van der Waals surface area (Å²) >= 11 is 6.18. The summed E-state index contributed by atoms with van der Waals surface area (Å²) in [7, 11) is 0. The standard InChI is InChI=1S/C17H22ClN3/c1-12-6-7-13(10-16(12)18)17(19)11-14-8-9-21(20-14)15-4-2-3-5-15/h6-10,15,17H,2-5,11,19H2,1H3. The van der Waals surface area contributed by atoms with Crippen LogP contribution in [0.25, 0.3) is 0 Å². The summed E-state index contributed by atoms with van der Waals surface area (Å²) in [6.45, 7) is 2.00. The molecule has 0 spiro atoms. The molecule has 0 bridgehead atoms. The molecule has 112 valence electrons. The van der Waals surface area contributed by atoms with E-state index < -0.39 is 0 Å². The highest BCUT2D eigenvalue weighted by Crippen LogP contribution is 2.29. The highest BCUT2D eigenvalue weighted by molar-refractivity contribution is 6.31. The maximum Gasteiger partial charge on any atom is 0.0643 e. The molecule has 1 aromatic carbocycles. The normalized spacial score (nSPS) is 17.3. The molecule has 0 radical (unpaired) electrons. The van der Waals surface area contributed by atoms with Gasteiger partial charge in [0.15, 0.2) is 0 Å². The molecular formula is C17H22ClN3. The second-order valence-electron chi connectivity index (χ2n) is 6.04. The van der Waals surface area contributed by atoms with E-state index in [-0.39, 0.29) is 6.04 Å². The van der Waals surface area contributed by atoms with Gasteiger partial charge in [0.1, 0.15) is 0 Å². The summed E-state index contributed by atoms with van der Waals surface area (Å²) in [5, 5.41) is 5.48. The number of aromatic nitrogens is 2. The summed E-state index contributed by atoms with van der Waals surface area (Å²) in [5.74, 6) is 0. The van der Waals surface area contributed by atoms with Gasteiger partial charge >= 0.3 is 0 Å². The zero-order chi connectivity index (χ0) is 14.8. The van der Waals surface area contributed by atoms with Crippen LogP contribution < -0.4 is 5.73 Å². The van der Waals surface area contributed by atoms with E-state index in [1.807, 2.05) is 19.1 Å². The zero-order valence-corrected chi connectivity index (χ0v) is 13.2. The number of aryl methyl sites for hydroxylation is 1. The molecule has 3 rings (SSSR count). The summed E-state index contributed by atoms with van der Waals surface area (Å²) in [6, 6.07) is 8.66. The third-order valence-electron chi connectivity index (χ3n) is 4.42. The Morgan fingerprint density at radius 1 is 1.33 bits per heavy atom. The highest BCUT2D eigenvalue weighted by Gasteiger charge is 2.18. The van der Waals surface area contributed by atoms with E-state index in [4.69, 9.17) is 22.4 Å². The van der Waals surface area contributed by atoms with Crippen LogP contribution in [0.3, 0.4) is 0 Å². The van der Waals surface area contributed by atoms with Crippen molar-refractivity contribution in [3.63, 3.8) is 0 Å². The predicted octanol–water partition coefficient (Wildman–Crippen LogP) is 4.20. The van der Waals surface area contributed by atoms with Crippen molar-refractivity contribution in [1.82, 2.24) is 9.78 Å². The Labute approximate surface area is 131 Å². The molecule has 1 unspecified atom stereocenters. The molecule has 0 aliphatic heterocycles. The second-order valence-corrected chi connectivity index (χ2v) is 6.45. The topological polar surface area (TPSA) is 43.8 Å². The van der Waals surface area contributed by atoms with Gasteiger partial charge in [-0.2, -0.15) is 5.10 Å². The number of hydrogen-bond acceptors (Lipinski definition) is 2. The largest absolute Gasteiger partial charge is 0.324 e. The lowest BCUT2D eigenvalue weighted by Crippen LogP contribution is -2.14. The molecule has 1 heterocycles. The van der Waals surface area contributed by atoms with E-state index in [9.17, 15) is 0 Å². The average Bonchev–Trinajstić information content (AvgIpc) is 3.12. The first-order chi connectivity index (χ1) is 10.1. The van der Waals surface area contributed by atoms with Crippen molar-refractivity contribution in [2.45, 2.75) is 51.1 Å². The Morgan fingerprint density at radius 2 is 2.10 bits per heavy atom. The van der Waals surface area contributed by atoms with Crippen molar-refractivity contribution in [3.8, 4) is 0 Å². The third-order valence-corrected chi connectivity index (χ3v) is 4.82. The first kappa shape index (κ1) is 14.6. The van der Waals surface area contributed by atoms with Gasteiger partial charge in [0.05, 0.1) is 11.7 Å². The maximum atomic E-state index is 6.30. The van der Waals surface area contributed by atoms with Crippen LogP contribution in [-0.4, -0.2) is 9.78 Å². The minimum Gasteiger partial charge on any atom is -0.324 e. The molecule has 1 fully saturated rings. The van der Waals surface area contributed by atoms with Gasteiger partial charge in [0.2, 0.25) is 0 Å². The second kappa shape index (κ2) is 6.20. The number of nitrogens with zero attached hydrogens (tertiary/aromatic N) is 2. The summed E-state index contributed by atoms with van der Waals surface area (Å²) in [4.78, 5) is 0. The summed E-state index contributed by atoms with van der Waals surface area (Å²) in [5.41, 5.74) is 9.51. The fourth-order valence-electron chi connectivity index (χ4n) is 3.04. The predicted molar refractivity (Wildman–Crippen MR) is 86.6 cm³/mol. The minimum atomic E-state index is -0.0602. The molecule has 0 amide bonds. The SMILES string of the molecule is Cc1ccc(C(N)Cc2ccn(C3CCCC3)n2)cc1Cl. The molecule has 3 nitrogen and oxygen atoms in total. The molecule has 1 saturated carbocycles. The maximum absolute atomic E-state index is 6.30. The van der Waals surface area contributed by atoms with Crippen LogP contribution in [0.2, 0.25) is 5.02 Å². The smallest absolute Gasteiger partial charge is 0.0643 e. The molecule has 1 atom stereocenters. The van der Waals surface area contributed by atoms with Crippen molar-refractivity contribution in [2.75, 3.05) is 0 Å². The van der Waals surface area contributed by atoms with Gasteiger partial charge in [-0.3, -0.25) is 4.68 Å². The molecule has 21 heavy (non-hydrogen) atoms. The van der Waals surface area contributed by atoms with Crippen LogP contribution in [0.5, 0.6) is 0 Å². The first-order valence-corrected chi connectivity index (χ1v) is 8.07. The fraction of sp³-hybridized carbons (Fsp3) is 0.471. The van der Waals surface area contributed by atoms with E-state index >= 15 is 0 Å². The van der Waals surface area contributed by atoms with Gasteiger partial charge in [-0.1, -0.05) is 36.6 Å². The highest BCUT2D eigenvalue weighted by atomic mass is 35.5. The molecule has 1 aliphatic rings. The first-order valence-electron chi connectivity index (χ1n) is 7.69. The summed E-state index contributed by atoms with van der Waals surface area (Å²) in [6.07, 6.45) is 7.99. The quantitative estimate of drug-likeness (QED) is 0.920. The average molecular weight is 304 g/mol. The molecule has 0 saturated heterocycles. The lowest BCUT2D eigenvalue weighted by atomic mass is 10.0. The van der Waals surface area contributed by atoms with E-state index in [0.717, 1.165) is 28.3 Å². The van der Waals surface area contributed by atoms with Crippen LogP contribution in [0.15, 0.2) is 30.5 Å². The molecular weight excluding hydrogens is 282 g/mol. The van der Waals surface area contributed by atoms with Crippen LogP contribution >= 0.6 is 11.6 Å². The third kappa shape index (κ3) is 3.30. The lowest BCUT2D eigenvalue weighted by Gasteiger charge is -2.12. The van der Waals surface area contributed by atoms with Crippen LogP contribution in [0.4, 0.5) is 0 Å². The molecule has 1 aliphatic carbocycles. The van der Waals surface area contributed by atoms with Gasteiger partial charge in [-0.05, 0) is 43.0 Å². The Hall–Kier alpha value is -1.32. The van der Waals surface area contributed by atoms with Crippen LogP contribution in [0, 0.1) is 6.92 Å². The fourth-order valence-corrected chi connectivity index (χ4v) is 3.23. The number of halogens is 1. The van der Waals surface area contributed by atoms with Crippen LogP contribution in [-0.2, 0) is 6.42 Å². The number of benzene rings is 1. The van der Waals surface area contributed by atoms with E-state index in [0.29, 0.717) is 6.04 Å². The Balaban J connectivity index is 1.69. The van der Waals surface area contributed by atoms with Crippen molar-refractivity contribution in [1.29, 1.82) is 0 Å². The zero-order valence-electron chi connectivity index (χ0n) is 12.4. The van der Waals surface area contributed by atoms with Crippen molar-refractivity contribution >= 4 is 11.6 Å². The van der Waals surface area contributed by atoms with E-state index in [1.165, 1.54) is 25.7 Å². The van der Waals surface area contributed by atoms with Gasteiger partial charge in [0, 0.05) is 23.7 Å². The molecule has 1 aromatic heterocycles. The monoisotopic (exact) mass is 303 g/mol. The van der Waals surface area contributed by atoms with Crippen molar-refractivity contribution in [2.24, 2.45) is 5.73 Å². The van der Waals surface area contributed by atoms with Gasteiger partial charge < -0.3 is 5.73 Å². The van der Waals surface area contributed by atoms with Crippen LogP contribution in [0.1, 0.15) is 54.6 Å². The van der Waals surface area contributed by atoms with Gasteiger partial charge in [-0.15, -0.1) is 0 Å². The number of hydrogen-bond donors (Lipinski definition) is 1. The van der Waals surface area contributed by atoms with Gasteiger partial charge in [0.25, 0.3) is 0 Å². The minimum absolute atomic E-state index is 0.0602. The Kier molecular flexibility index (Phi) is 4.32. The van der Waals surface area contributed by atoms with Gasteiger partial charge in [-0.25, -0.2) is 0 Å². The van der Waals surface area contributed by atoms with Crippen molar-refractivity contribution < 1.29 is 0 Å². The van der Waals surface area contributed by atoms with Crippen molar-refractivity contribution in [3.05, 3.63) is 52.3 Å². The molecule has 2 aromatic rings. The number of nitrogens with two attached hydrogens (primary N) is 1. The Morgan fingerprint density at radius 3 is 2.81 bits per heavy atom. The Bertz CT molecular complexity index is 614. The van der Waals surface area contributed by atoms with E-state index in [2.05, 4.69) is 23.0 Å². The molecule has 2 N–H and O–H groups in total. The molecule has 4 heteroatoms.